The molecule has 2 aromatic rings. The van der Waals surface area contributed by atoms with Crippen LogP contribution in [0.15, 0.2) is 48.5 Å². The number of hydrogen-bond donors (Lipinski definition) is 1. The number of amides is 2. The van der Waals surface area contributed by atoms with Crippen LogP contribution < -0.4 is 5.32 Å². The molecule has 0 radical (unpaired) electrons. The highest BCUT2D eigenvalue weighted by Crippen LogP contribution is 2.17. The zero-order valence-electron chi connectivity index (χ0n) is 14.6. The lowest BCUT2D eigenvalue weighted by Crippen LogP contribution is -2.30. The highest BCUT2D eigenvalue weighted by molar-refractivity contribution is 6.31. The first kappa shape index (κ1) is 19.0. The minimum absolute atomic E-state index is 0.00148. The minimum Gasteiger partial charge on any atom is -0.339 e. The van der Waals surface area contributed by atoms with E-state index in [2.05, 4.69) is 5.32 Å². The Bertz CT molecular complexity index is 725. The van der Waals surface area contributed by atoms with E-state index in [0.29, 0.717) is 42.2 Å². The number of carbonyl (C=O) groups excluding carboxylic acids is 2. The van der Waals surface area contributed by atoms with Crippen molar-refractivity contribution in [3.8, 4) is 0 Å². The van der Waals surface area contributed by atoms with Crippen molar-refractivity contribution in [2.45, 2.75) is 26.7 Å². The number of hydrogen-bond acceptors (Lipinski definition) is 2. The van der Waals surface area contributed by atoms with Crippen molar-refractivity contribution >= 4 is 29.1 Å². The molecule has 0 aliphatic heterocycles. The van der Waals surface area contributed by atoms with E-state index < -0.39 is 0 Å². The molecular weight excluding hydrogens is 336 g/mol. The van der Waals surface area contributed by atoms with E-state index >= 15 is 0 Å². The topological polar surface area (TPSA) is 49.4 Å². The molecule has 0 aliphatic carbocycles. The normalized spacial score (nSPS) is 10.4. The van der Waals surface area contributed by atoms with E-state index in [0.717, 1.165) is 5.56 Å². The van der Waals surface area contributed by atoms with Gasteiger partial charge in [0.15, 0.2) is 0 Å². The van der Waals surface area contributed by atoms with Gasteiger partial charge in [-0.2, -0.15) is 0 Å². The fourth-order valence-corrected chi connectivity index (χ4v) is 2.79. The lowest BCUT2D eigenvalue weighted by molar-refractivity contribution is -0.116. The van der Waals surface area contributed by atoms with Gasteiger partial charge in [-0.15, -0.1) is 0 Å². The van der Waals surface area contributed by atoms with E-state index in [-0.39, 0.29) is 11.8 Å². The second-order valence-corrected chi connectivity index (χ2v) is 6.10. The van der Waals surface area contributed by atoms with Gasteiger partial charge in [-0.25, -0.2) is 0 Å². The zero-order valence-corrected chi connectivity index (χ0v) is 15.3. The first-order chi connectivity index (χ1) is 12.0. The maximum absolute atomic E-state index is 12.3. The van der Waals surface area contributed by atoms with Crippen molar-refractivity contribution < 1.29 is 9.59 Å². The number of aryl methyl sites for hydroxylation is 1. The fourth-order valence-electron chi connectivity index (χ4n) is 2.56. The Balaban J connectivity index is 1.91. The molecule has 0 saturated carbocycles. The predicted molar refractivity (Wildman–Crippen MR) is 102 cm³/mol. The molecule has 2 amide bonds. The van der Waals surface area contributed by atoms with Crippen LogP contribution in [-0.4, -0.2) is 29.8 Å². The summed E-state index contributed by atoms with van der Waals surface area (Å²) < 4.78 is 0. The number of nitrogens with zero attached hydrogens (tertiary/aromatic N) is 1. The summed E-state index contributed by atoms with van der Waals surface area (Å²) >= 11 is 6.10. The fraction of sp³-hybridized carbons (Fsp3) is 0.300. The van der Waals surface area contributed by atoms with Gasteiger partial charge in [0.2, 0.25) is 5.91 Å². The van der Waals surface area contributed by atoms with Gasteiger partial charge in [-0.1, -0.05) is 29.8 Å². The van der Waals surface area contributed by atoms with Gasteiger partial charge in [-0.3, -0.25) is 9.59 Å². The van der Waals surface area contributed by atoms with Gasteiger partial charge >= 0.3 is 0 Å². The summed E-state index contributed by atoms with van der Waals surface area (Å²) in [5, 5.41) is 3.52. The van der Waals surface area contributed by atoms with Crippen LogP contribution in [0, 0.1) is 0 Å². The summed E-state index contributed by atoms with van der Waals surface area (Å²) in [6, 6.07) is 14.5. The Kier molecular flexibility index (Phi) is 7.02. The third-order valence-electron chi connectivity index (χ3n) is 4.05. The van der Waals surface area contributed by atoms with Crippen molar-refractivity contribution in [2.75, 3.05) is 18.4 Å². The van der Waals surface area contributed by atoms with Crippen LogP contribution in [0.25, 0.3) is 0 Å². The molecule has 2 aromatic carbocycles. The third kappa shape index (κ3) is 5.33. The third-order valence-corrected chi connectivity index (χ3v) is 4.41. The van der Waals surface area contributed by atoms with Gasteiger partial charge in [0.05, 0.1) is 0 Å². The van der Waals surface area contributed by atoms with Crippen LogP contribution in [-0.2, 0) is 11.2 Å². The number of benzene rings is 2. The van der Waals surface area contributed by atoms with E-state index in [1.165, 1.54) is 0 Å². The van der Waals surface area contributed by atoms with Crippen molar-refractivity contribution in [2.24, 2.45) is 0 Å². The van der Waals surface area contributed by atoms with Crippen molar-refractivity contribution in [1.82, 2.24) is 4.90 Å². The van der Waals surface area contributed by atoms with Gasteiger partial charge in [0, 0.05) is 35.8 Å². The minimum atomic E-state index is -0.0808. The second kappa shape index (κ2) is 9.23. The molecule has 0 aliphatic rings. The Morgan fingerprint density at radius 2 is 1.64 bits per heavy atom. The molecule has 0 atom stereocenters. The molecule has 4 nitrogen and oxygen atoms in total. The quantitative estimate of drug-likeness (QED) is 0.797. The first-order valence-electron chi connectivity index (χ1n) is 8.47. The molecule has 0 saturated heterocycles. The van der Waals surface area contributed by atoms with E-state index in [1.54, 1.807) is 29.2 Å². The highest BCUT2D eigenvalue weighted by atomic mass is 35.5. The van der Waals surface area contributed by atoms with E-state index in [1.807, 2.05) is 38.1 Å². The molecule has 0 unspecified atom stereocenters. The van der Waals surface area contributed by atoms with E-state index in [4.69, 9.17) is 11.6 Å². The molecule has 0 fully saturated rings. The summed E-state index contributed by atoms with van der Waals surface area (Å²) in [7, 11) is 0. The molecule has 1 N–H and O–H groups in total. The summed E-state index contributed by atoms with van der Waals surface area (Å²) in [6.45, 7) is 5.26. The number of rotatable bonds is 7. The largest absolute Gasteiger partial charge is 0.339 e. The summed E-state index contributed by atoms with van der Waals surface area (Å²) in [4.78, 5) is 26.1. The molecular formula is C20H23ClN2O2. The molecule has 132 valence electrons. The van der Waals surface area contributed by atoms with Crippen LogP contribution in [0.3, 0.4) is 0 Å². The average molecular weight is 359 g/mol. The molecule has 2 rings (SSSR count). The molecule has 0 spiro atoms. The van der Waals surface area contributed by atoms with Crippen LogP contribution in [0.2, 0.25) is 5.02 Å². The number of halogens is 1. The van der Waals surface area contributed by atoms with E-state index in [9.17, 15) is 9.59 Å². The summed E-state index contributed by atoms with van der Waals surface area (Å²) in [6.07, 6.45) is 0.938. The van der Waals surface area contributed by atoms with Gasteiger partial charge in [-0.05, 0) is 56.2 Å². The van der Waals surface area contributed by atoms with Crippen molar-refractivity contribution in [3.63, 3.8) is 0 Å². The molecule has 25 heavy (non-hydrogen) atoms. The number of nitrogens with one attached hydrogen (secondary N) is 1. The lowest BCUT2D eigenvalue weighted by Gasteiger charge is -2.18. The molecule has 0 heterocycles. The SMILES string of the molecule is CCN(CC)C(=O)c1ccc(NC(=O)CCc2ccccc2Cl)cc1. The Morgan fingerprint density at radius 3 is 2.24 bits per heavy atom. The Morgan fingerprint density at radius 1 is 1.00 bits per heavy atom. The van der Waals surface area contributed by atoms with Crippen LogP contribution in [0.1, 0.15) is 36.2 Å². The average Bonchev–Trinajstić information content (AvgIpc) is 2.62. The van der Waals surface area contributed by atoms with Crippen molar-refractivity contribution in [1.29, 1.82) is 0 Å². The Hall–Kier alpha value is -2.33. The lowest BCUT2D eigenvalue weighted by atomic mass is 10.1. The number of anilines is 1. The van der Waals surface area contributed by atoms with Gasteiger partial charge in [0.1, 0.15) is 0 Å². The standard InChI is InChI=1S/C20H23ClN2O2/c1-3-23(4-2)20(25)16-9-12-17(13-10-16)22-19(24)14-11-15-7-5-6-8-18(15)21/h5-10,12-13H,3-4,11,14H2,1-2H3,(H,22,24). The summed E-state index contributed by atoms with van der Waals surface area (Å²) in [5.74, 6) is -0.0793. The number of carbonyl (C=O) groups is 2. The van der Waals surface area contributed by atoms with Crippen molar-refractivity contribution in [3.05, 3.63) is 64.7 Å². The van der Waals surface area contributed by atoms with Gasteiger partial charge in [0.25, 0.3) is 5.91 Å². The monoisotopic (exact) mass is 358 g/mol. The summed E-state index contributed by atoms with van der Waals surface area (Å²) in [5.41, 5.74) is 2.26. The zero-order chi connectivity index (χ0) is 18.2. The maximum Gasteiger partial charge on any atom is 0.253 e. The molecule has 0 aromatic heterocycles. The maximum atomic E-state index is 12.3. The first-order valence-corrected chi connectivity index (χ1v) is 8.85. The Labute approximate surface area is 153 Å². The van der Waals surface area contributed by atoms with Crippen LogP contribution in [0.5, 0.6) is 0 Å². The molecule has 5 heteroatoms. The molecule has 0 bridgehead atoms. The van der Waals surface area contributed by atoms with Crippen LogP contribution in [0.4, 0.5) is 5.69 Å². The van der Waals surface area contributed by atoms with Crippen LogP contribution >= 0.6 is 11.6 Å². The second-order valence-electron chi connectivity index (χ2n) is 5.69. The highest BCUT2D eigenvalue weighted by Gasteiger charge is 2.12. The smallest absolute Gasteiger partial charge is 0.253 e. The predicted octanol–water partition coefficient (Wildman–Crippen LogP) is 4.39. The van der Waals surface area contributed by atoms with Gasteiger partial charge < -0.3 is 10.2 Å².